The van der Waals surface area contributed by atoms with Gasteiger partial charge in [0, 0.05) is 12.2 Å². The third-order valence-electron chi connectivity index (χ3n) is 1.65. The van der Waals surface area contributed by atoms with Crippen LogP contribution in [0.5, 0.6) is 0 Å². The highest BCUT2D eigenvalue weighted by Gasteiger charge is 2.18. The molecule has 0 bridgehead atoms. The van der Waals surface area contributed by atoms with E-state index in [2.05, 4.69) is 9.78 Å². The maximum absolute atomic E-state index is 10.9. The molecular weight excluding hydrogens is 204 g/mol. The Morgan fingerprint density at radius 2 is 1.80 bits per heavy atom. The molecule has 0 spiro atoms. The normalized spacial score (nSPS) is 11.5. The lowest BCUT2D eigenvalue weighted by Gasteiger charge is -2.19. The van der Waals surface area contributed by atoms with Crippen LogP contribution in [0.2, 0.25) is 0 Å². The standard InChI is InChI=1S/C9H14O6/c1-4-9(2,3)15-14-8(11)6-5-7(10)13-12/h5-6,12H,4H2,1-3H3. The van der Waals surface area contributed by atoms with Crippen molar-refractivity contribution in [3.05, 3.63) is 12.2 Å². The Hall–Kier alpha value is -1.40. The van der Waals surface area contributed by atoms with Crippen LogP contribution in [0, 0.1) is 0 Å². The molecule has 86 valence electrons. The van der Waals surface area contributed by atoms with E-state index in [1.54, 1.807) is 13.8 Å². The highest BCUT2D eigenvalue weighted by atomic mass is 17.2. The molecule has 0 fully saturated rings. The number of hydrogen-bond donors (Lipinski definition) is 1. The van der Waals surface area contributed by atoms with Gasteiger partial charge in [-0.2, -0.15) is 10.1 Å². The monoisotopic (exact) mass is 218 g/mol. The molecule has 0 rings (SSSR count). The lowest BCUT2D eigenvalue weighted by atomic mass is 10.1. The summed E-state index contributed by atoms with van der Waals surface area (Å²) in [6.07, 6.45) is 2.15. The van der Waals surface area contributed by atoms with Gasteiger partial charge in [0.05, 0.1) is 0 Å². The predicted octanol–water partition coefficient (Wildman–Crippen LogP) is 1.22. The molecule has 0 aromatic carbocycles. The van der Waals surface area contributed by atoms with Gasteiger partial charge < -0.3 is 0 Å². The number of carbonyl (C=O) groups is 2. The van der Waals surface area contributed by atoms with Crippen molar-refractivity contribution >= 4 is 11.9 Å². The minimum Gasteiger partial charge on any atom is -0.296 e. The Kier molecular flexibility index (Phi) is 5.58. The summed E-state index contributed by atoms with van der Waals surface area (Å²) in [6.45, 7) is 5.35. The first-order valence-electron chi connectivity index (χ1n) is 4.34. The van der Waals surface area contributed by atoms with E-state index in [1.165, 1.54) is 0 Å². The van der Waals surface area contributed by atoms with Crippen molar-refractivity contribution in [3.63, 3.8) is 0 Å². The quantitative estimate of drug-likeness (QED) is 0.424. The van der Waals surface area contributed by atoms with Crippen LogP contribution >= 0.6 is 0 Å². The number of hydrogen-bond acceptors (Lipinski definition) is 6. The van der Waals surface area contributed by atoms with Crippen LogP contribution in [0.15, 0.2) is 12.2 Å². The Morgan fingerprint density at radius 3 is 2.27 bits per heavy atom. The lowest BCUT2D eigenvalue weighted by Crippen LogP contribution is -2.24. The first-order valence-corrected chi connectivity index (χ1v) is 4.34. The zero-order valence-corrected chi connectivity index (χ0v) is 8.85. The summed E-state index contributed by atoms with van der Waals surface area (Å²) in [4.78, 5) is 33.7. The van der Waals surface area contributed by atoms with Gasteiger partial charge in [-0.05, 0) is 20.3 Å². The zero-order valence-electron chi connectivity index (χ0n) is 8.85. The molecule has 0 saturated carbocycles. The number of rotatable bonds is 5. The molecule has 0 aliphatic rings. The van der Waals surface area contributed by atoms with Gasteiger partial charge in [0.2, 0.25) is 0 Å². The molecule has 0 aromatic heterocycles. The van der Waals surface area contributed by atoms with E-state index in [1.807, 2.05) is 6.92 Å². The zero-order chi connectivity index (χ0) is 11.9. The third-order valence-corrected chi connectivity index (χ3v) is 1.65. The van der Waals surface area contributed by atoms with Gasteiger partial charge in [-0.15, -0.1) is 0 Å². The molecule has 6 nitrogen and oxygen atoms in total. The second kappa shape index (κ2) is 6.15. The average Bonchev–Trinajstić information content (AvgIpc) is 2.23. The Balaban J connectivity index is 3.96. The molecular formula is C9H14O6. The van der Waals surface area contributed by atoms with Crippen LogP contribution in [0.25, 0.3) is 0 Å². The third kappa shape index (κ3) is 6.64. The molecule has 0 heterocycles. The maximum Gasteiger partial charge on any atom is 0.366 e. The van der Waals surface area contributed by atoms with Crippen LogP contribution in [-0.4, -0.2) is 22.8 Å². The first-order chi connectivity index (χ1) is 6.91. The fraction of sp³-hybridized carbons (Fsp3) is 0.556. The topological polar surface area (TPSA) is 82.1 Å². The highest BCUT2D eigenvalue weighted by molar-refractivity contribution is 5.91. The molecule has 0 amide bonds. The largest absolute Gasteiger partial charge is 0.366 e. The molecule has 0 aromatic rings. The average molecular weight is 218 g/mol. The molecule has 0 aliphatic heterocycles. The van der Waals surface area contributed by atoms with Crippen LogP contribution in [0.3, 0.4) is 0 Å². The van der Waals surface area contributed by atoms with Crippen molar-refractivity contribution in [1.82, 2.24) is 0 Å². The summed E-state index contributed by atoms with van der Waals surface area (Å²) in [6, 6.07) is 0. The summed E-state index contributed by atoms with van der Waals surface area (Å²) in [5.74, 6) is -1.93. The molecule has 1 N–H and O–H groups in total. The first kappa shape index (κ1) is 13.6. The maximum atomic E-state index is 10.9. The summed E-state index contributed by atoms with van der Waals surface area (Å²) in [5.41, 5.74) is -0.582. The Labute approximate surface area is 87.3 Å². The van der Waals surface area contributed by atoms with Crippen molar-refractivity contribution in [3.8, 4) is 0 Å². The van der Waals surface area contributed by atoms with Crippen molar-refractivity contribution in [2.45, 2.75) is 32.8 Å². The van der Waals surface area contributed by atoms with Crippen LogP contribution < -0.4 is 0 Å². The van der Waals surface area contributed by atoms with E-state index in [0.717, 1.165) is 6.08 Å². The Bertz CT molecular complexity index is 255. The molecule has 6 heteroatoms. The van der Waals surface area contributed by atoms with Crippen LogP contribution in [0.4, 0.5) is 0 Å². The van der Waals surface area contributed by atoms with Crippen molar-refractivity contribution in [2.75, 3.05) is 0 Å². The van der Waals surface area contributed by atoms with E-state index in [4.69, 9.17) is 10.1 Å². The minimum atomic E-state index is -1.07. The van der Waals surface area contributed by atoms with E-state index in [-0.39, 0.29) is 0 Å². The van der Waals surface area contributed by atoms with E-state index < -0.39 is 17.5 Å². The smallest absolute Gasteiger partial charge is 0.296 e. The fourth-order valence-electron chi connectivity index (χ4n) is 0.407. The van der Waals surface area contributed by atoms with Gasteiger partial charge in [0.1, 0.15) is 5.60 Å². The van der Waals surface area contributed by atoms with Crippen molar-refractivity contribution in [1.29, 1.82) is 0 Å². The molecule has 0 atom stereocenters. The van der Waals surface area contributed by atoms with Gasteiger partial charge in [-0.1, -0.05) is 6.92 Å². The second-order valence-corrected chi connectivity index (χ2v) is 3.34. The second-order valence-electron chi connectivity index (χ2n) is 3.34. The highest BCUT2D eigenvalue weighted by Crippen LogP contribution is 2.13. The predicted molar refractivity (Wildman–Crippen MR) is 49.4 cm³/mol. The molecule has 0 radical (unpaired) electrons. The van der Waals surface area contributed by atoms with Crippen molar-refractivity contribution in [2.24, 2.45) is 0 Å². The van der Waals surface area contributed by atoms with Gasteiger partial charge in [-0.3, -0.25) is 9.78 Å². The SMILES string of the molecule is CCC(C)(C)OOC(=O)C=CC(=O)OO. The summed E-state index contributed by atoms with van der Waals surface area (Å²) < 4.78 is 0. The van der Waals surface area contributed by atoms with E-state index in [9.17, 15) is 9.59 Å². The fourth-order valence-corrected chi connectivity index (χ4v) is 0.407. The Morgan fingerprint density at radius 1 is 1.27 bits per heavy atom. The van der Waals surface area contributed by atoms with E-state index in [0.29, 0.717) is 12.5 Å². The summed E-state index contributed by atoms with van der Waals surface area (Å²) in [7, 11) is 0. The van der Waals surface area contributed by atoms with E-state index >= 15 is 0 Å². The van der Waals surface area contributed by atoms with Gasteiger partial charge >= 0.3 is 11.9 Å². The molecule has 0 saturated heterocycles. The number of carbonyl (C=O) groups excluding carboxylic acids is 2. The molecule has 0 aliphatic carbocycles. The molecule has 0 unspecified atom stereocenters. The van der Waals surface area contributed by atoms with Crippen molar-refractivity contribution < 1.29 is 29.5 Å². The summed E-state index contributed by atoms with van der Waals surface area (Å²) in [5, 5.41) is 7.86. The van der Waals surface area contributed by atoms with Gasteiger partial charge in [0.25, 0.3) is 0 Å². The van der Waals surface area contributed by atoms with Crippen LogP contribution in [-0.2, 0) is 24.3 Å². The summed E-state index contributed by atoms with van der Waals surface area (Å²) >= 11 is 0. The van der Waals surface area contributed by atoms with Crippen LogP contribution in [0.1, 0.15) is 27.2 Å². The van der Waals surface area contributed by atoms with Gasteiger partial charge in [0.15, 0.2) is 0 Å². The minimum absolute atomic E-state index is 0.582. The van der Waals surface area contributed by atoms with Gasteiger partial charge in [-0.25, -0.2) is 9.59 Å². The lowest BCUT2D eigenvalue weighted by molar-refractivity contribution is -0.321. The molecule has 15 heavy (non-hydrogen) atoms.